The molecule has 3 aliphatic heterocycles. The smallest absolute Gasteiger partial charge is 0.325 e. The molecule has 0 aromatic heterocycles. The number of imide groups is 1. The number of hydrogen-bond acceptors (Lipinski definition) is 6. The van der Waals surface area contributed by atoms with E-state index in [1.807, 2.05) is 35.2 Å². The molecule has 3 aliphatic rings. The molecule has 2 saturated heterocycles. The van der Waals surface area contributed by atoms with Crippen LogP contribution < -0.4 is 20.1 Å². The van der Waals surface area contributed by atoms with Crippen LogP contribution >= 0.6 is 0 Å². The Morgan fingerprint density at radius 3 is 2.56 bits per heavy atom. The highest BCUT2D eigenvalue weighted by atomic mass is 16.7. The number of hydrogen-bond donors (Lipinski definition) is 2. The van der Waals surface area contributed by atoms with E-state index in [9.17, 15) is 14.4 Å². The van der Waals surface area contributed by atoms with E-state index in [1.54, 1.807) is 18.2 Å². The van der Waals surface area contributed by atoms with E-state index in [1.165, 1.54) is 4.90 Å². The van der Waals surface area contributed by atoms with Gasteiger partial charge < -0.3 is 20.1 Å². The van der Waals surface area contributed by atoms with Gasteiger partial charge in [0.2, 0.25) is 12.7 Å². The Labute approximate surface area is 185 Å². The van der Waals surface area contributed by atoms with Gasteiger partial charge in [0, 0.05) is 24.8 Å². The predicted molar refractivity (Wildman–Crippen MR) is 115 cm³/mol. The Kier molecular flexibility index (Phi) is 5.18. The van der Waals surface area contributed by atoms with Gasteiger partial charge in [-0.3, -0.25) is 19.4 Å². The van der Waals surface area contributed by atoms with Crippen LogP contribution in [0.25, 0.3) is 0 Å². The Morgan fingerprint density at radius 2 is 1.78 bits per heavy atom. The first-order valence-corrected chi connectivity index (χ1v) is 10.6. The molecule has 0 saturated carbocycles. The Bertz CT molecular complexity index is 1050. The molecule has 1 spiro atoms. The van der Waals surface area contributed by atoms with Crippen LogP contribution in [0, 0.1) is 0 Å². The number of carbonyl (C=O) groups is 3. The van der Waals surface area contributed by atoms with Crippen molar-refractivity contribution in [3.8, 4) is 11.5 Å². The average Bonchev–Trinajstić information content (AvgIpc) is 3.34. The lowest BCUT2D eigenvalue weighted by molar-refractivity contribution is -0.133. The van der Waals surface area contributed by atoms with Crippen molar-refractivity contribution in [2.45, 2.75) is 24.9 Å². The van der Waals surface area contributed by atoms with Crippen molar-refractivity contribution in [2.24, 2.45) is 0 Å². The second kappa shape index (κ2) is 8.16. The minimum atomic E-state index is -0.879. The van der Waals surface area contributed by atoms with E-state index in [4.69, 9.17) is 9.47 Å². The summed E-state index contributed by atoms with van der Waals surface area (Å²) in [5.41, 5.74) is 0.670. The molecule has 0 unspecified atom stereocenters. The third kappa shape index (κ3) is 3.87. The van der Waals surface area contributed by atoms with Gasteiger partial charge in [-0.1, -0.05) is 30.3 Å². The van der Waals surface area contributed by atoms with Crippen molar-refractivity contribution < 1.29 is 23.9 Å². The fourth-order valence-electron chi connectivity index (χ4n) is 4.40. The lowest BCUT2D eigenvalue weighted by Gasteiger charge is -2.36. The summed E-state index contributed by atoms with van der Waals surface area (Å²) in [6.07, 6.45) is 0.945. The monoisotopic (exact) mass is 436 g/mol. The molecule has 3 heterocycles. The molecule has 166 valence electrons. The standard InChI is InChI=1S/C23H24N4O5/c28-20(24-17-6-7-18-19(12-17)32-15-31-18)14-26-10-8-23(9-11-26)21(29)27(22(30)25-23)13-16-4-2-1-3-5-16/h1-7,12H,8-11,13-15H2,(H,24,28)(H,25,30). The van der Waals surface area contributed by atoms with Gasteiger partial charge in [0.1, 0.15) is 5.54 Å². The minimum Gasteiger partial charge on any atom is -0.454 e. The number of rotatable bonds is 5. The maximum atomic E-state index is 13.1. The van der Waals surface area contributed by atoms with Crippen LogP contribution in [0.1, 0.15) is 18.4 Å². The van der Waals surface area contributed by atoms with Crippen LogP contribution in [-0.4, -0.2) is 59.6 Å². The predicted octanol–water partition coefficient (Wildman–Crippen LogP) is 1.94. The normalized spacial score (nSPS) is 19.3. The van der Waals surface area contributed by atoms with E-state index in [0.717, 1.165) is 5.56 Å². The van der Waals surface area contributed by atoms with Crippen molar-refractivity contribution in [3.63, 3.8) is 0 Å². The third-order valence-electron chi connectivity index (χ3n) is 6.16. The van der Waals surface area contributed by atoms with Gasteiger partial charge in [0.25, 0.3) is 5.91 Å². The topological polar surface area (TPSA) is 100 Å². The lowest BCUT2D eigenvalue weighted by atomic mass is 9.87. The van der Waals surface area contributed by atoms with Gasteiger partial charge in [-0.05, 0) is 30.5 Å². The molecule has 2 N–H and O–H groups in total. The zero-order valence-electron chi connectivity index (χ0n) is 17.5. The van der Waals surface area contributed by atoms with Crippen molar-refractivity contribution >= 4 is 23.5 Å². The van der Waals surface area contributed by atoms with E-state index >= 15 is 0 Å². The van der Waals surface area contributed by atoms with Gasteiger partial charge in [0.05, 0.1) is 13.1 Å². The van der Waals surface area contributed by atoms with E-state index < -0.39 is 5.54 Å². The number of amides is 4. The van der Waals surface area contributed by atoms with Crippen molar-refractivity contribution in [3.05, 3.63) is 54.1 Å². The molecular weight excluding hydrogens is 412 g/mol. The summed E-state index contributed by atoms with van der Waals surface area (Å²) in [5, 5.41) is 5.78. The molecule has 2 fully saturated rings. The number of fused-ring (bicyclic) bond motifs is 1. The molecule has 0 radical (unpaired) electrons. The van der Waals surface area contributed by atoms with Crippen LogP contribution in [0.5, 0.6) is 11.5 Å². The second-order valence-electron chi connectivity index (χ2n) is 8.28. The Morgan fingerprint density at radius 1 is 1.03 bits per heavy atom. The lowest BCUT2D eigenvalue weighted by Crippen LogP contribution is -2.55. The highest BCUT2D eigenvalue weighted by Crippen LogP contribution is 2.34. The maximum Gasteiger partial charge on any atom is 0.325 e. The SMILES string of the molecule is O=C(CN1CCC2(CC1)NC(=O)N(Cc1ccccc1)C2=O)Nc1ccc2c(c1)OCO2. The van der Waals surface area contributed by atoms with Crippen LogP contribution in [-0.2, 0) is 16.1 Å². The number of nitrogens with one attached hydrogen (secondary N) is 2. The van der Waals surface area contributed by atoms with Gasteiger partial charge in [-0.2, -0.15) is 0 Å². The van der Waals surface area contributed by atoms with Crippen molar-refractivity contribution in [2.75, 3.05) is 31.7 Å². The maximum absolute atomic E-state index is 13.1. The van der Waals surface area contributed by atoms with Gasteiger partial charge in [-0.25, -0.2) is 4.79 Å². The number of likely N-dealkylation sites (tertiary alicyclic amines) is 1. The van der Waals surface area contributed by atoms with Crippen molar-refractivity contribution in [1.29, 1.82) is 0 Å². The summed E-state index contributed by atoms with van der Waals surface area (Å²) in [6, 6.07) is 14.4. The van der Waals surface area contributed by atoms with Crippen LogP contribution in [0.2, 0.25) is 0 Å². The van der Waals surface area contributed by atoms with E-state index in [0.29, 0.717) is 43.1 Å². The highest BCUT2D eigenvalue weighted by molar-refractivity contribution is 6.07. The summed E-state index contributed by atoms with van der Waals surface area (Å²) in [4.78, 5) is 41.4. The summed E-state index contributed by atoms with van der Waals surface area (Å²) in [5.74, 6) is 0.940. The first-order chi connectivity index (χ1) is 15.5. The number of urea groups is 1. The zero-order valence-corrected chi connectivity index (χ0v) is 17.5. The second-order valence-corrected chi connectivity index (χ2v) is 8.28. The molecule has 0 bridgehead atoms. The molecule has 2 aromatic rings. The summed E-state index contributed by atoms with van der Waals surface area (Å²) >= 11 is 0. The summed E-state index contributed by atoms with van der Waals surface area (Å²) in [7, 11) is 0. The van der Waals surface area contributed by atoms with Crippen LogP contribution in [0.15, 0.2) is 48.5 Å². The van der Waals surface area contributed by atoms with E-state index in [2.05, 4.69) is 10.6 Å². The largest absolute Gasteiger partial charge is 0.454 e. The molecule has 9 heteroatoms. The zero-order chi connectivity index (χ0) is 22.1. The molecule has 0 aliphatic carbocycles. The molecule has 9 nitrogen and oxygen atoms in total. The van der Waals surface area contributed by atoms with Crippen LogP contribution in [0.3, 0.4) is 0 Å². The third-order valence-corrected chi connectivity index (χ3v) is 6.16. The first kappa shape index (κ1) is 20.3. The number of ether oxygens (including phenoxy) is 2. The molecule has 0 atom stereocenters. The molecular formula is C23H24N4O5. The Balaban J connectivity index is 1.15. The van der Waals surface area contributed by atoms with Crippen LogP contribution in [0.4, 0.5) is 10.5 Å². The van der Waals surface area contributed by atoms with E-state index in [-0.39, 0.29) is 37.7 Å². The van der Waals surface area contributed by atoms with Crippen molar-refractivity contribution in [1.82, 2.24) is 15.1 Å². The number of carbonyl (C=O) groups excluding carboxylic acids is 3. The molecule has 4 amide bonds. The number of nitrogens with zero attached hydrogens (tertiary/aromatic N) is 2. The van der Waals surface area contributed by atoms with Gasteiger partial charge in [-0.15, -0.1) is 0 Å². The number of anilines is 1. The molecule has 32 heavy (non-hydrogen) atoms. The summed E-state index contributed by atoms with van der Waals surface area (Å²) in [6.45, 7) is 1.73. The first-order valence-electron chi connectivity index (χ1n) is 10.6. The average molecular weight is 436 g/mol. The molecule has 2 aromatic carbocycles. The number of piperidine rings is 1. The minimum absolute atomic E-state index is 0.146. The fraction of sp³-hybridized carbons (Fsp3) is 0.348. The summed E-state index contributed by atoms with van der Waals surface area (Å²) < 4.78 is 10.6. The van der Waals surface area contributed by atoms with Gasteiger partial charge in [0.15, 0.2) is 11.5 Å². The molecule has 5 rings (SSSR count). The van der Waals surface area contributed by atoms with Gasteiger partial charge >= 0.3 is 6.03 Å². The highest BCUT2D eigenvalue weighted by Gasteiger charge is 2.52. The quantitative estimate of drug-likeness (QED) is 0.695. The fourth-order valence-corrected chi connectivity index (χ4v) is 4.40. The Hall–Kier alpha value is -3.59. The number of benzene rings is 2.